The lowest BCUT2D eigenvalue weighted by Crippen LogP contribution is -2.35. The van der Waals surface area contributed by atoms with E-state index in [9.17, 15) is 14.3 Å². The number of pyridine rings is 1. The molecule has 0 aliphatic carbocycles. The monoisotopic (exact) mass is 510 g/mol. The molecule has 1 aliphatic rings. The molecule has 0 fully saturated rings. The normalized spacial score (nSPS) is 18.0. The van der Waals surface area contributed by atoms with Crippen LogP contribution in [-0.4, -0.2) is 47.9 Å². The molecule has 0 spiro atoms. The Hall–Kier alpha value is -3.53. The molecule has 37 heavy (non-hydrogen) atoms. The summed E-state index contributed by atoms with van der Waals surface area (Å²) in [7, 11) is 1.47. The van der Waals surface area contributed by atoms with E-state index in [0.29, 0.717) is 45.3 Å². The molecule has 0 saturated carbocycles. The number of nitrogens with zero attached hydrogens (tertiary/aromatic N) is 1. The Morgan fingerprint density at radius 3 is 2.62 bits per heavy atom. The minimum absolute atomic E-state index is 0.0358. The van der Waals surface area contributed by atoms with Crippen LogP contribution in [0, 0.1) is 5.82 Å². The number of rotatable bonds is 10. The lowest BCUT2D eigenvalue weighted by molar-refractivity contribution is 0.0396. The van der Waals surface area contributed by atoms with Crippen molar-refractivity contribution in [3.8, 4) is 28.5 Å². The highest BCUT2D eigenvalue weighted by Gasteiger charge is 2.38. The number of ketones is 1. The molecule has 196 valence electrons. The summed E-state index contributed by atoms with van der Waals surface area (Å²) in [5, 5.41) is 20.4. The molecule has 0 radical (unpaired) electrons. The summed E-state index contributed by atoms with van der Waals surface area (Å²) in [5.41, 5.74) is 6.70. The summed E-state index contributed by atoms with van der Waals surface area (Å²) < 4.78 is 30.1. The molecule has 1 aliphatic heterocycles. The standard InChI is InChI=1S/C28H31FN2O6/c1-27(30)16-37-26-20(27)15-24(31-25(26)17-4-7-19(29)8-5-17)28(2,34)11-10-21(33)18-6-9-22(36-13-12-32)23(14-18)35-3/h4-9,14-15,32,34H,10-13,16,30H2,1-3H3. The third kappa shape index (κ3) is 5.58. The Labute approximate surface area is 214 Å². The number of fused-ring (bicyclic) bond motifs is 1. The van der Waals surface area contributed by atoms with Crippen LogP contribution in [0.15, 0.2) is 48.5 Å². The largest absolute Gasteiger partial charge is 0.493 e. The minimum Gasteiger partial charge on any atom is -0.493 e. The molecule has 4 N–H and O–H groups in total. The van der Waals surface area contributed by atoms with Crippen LogP contribution in [0.25, 0.3) is 11.3 Å². The van der Waals surface area contributed by atoms with Gasteiger partial charge in [-0.3, -0.25) is 4.79 Å². The number of Topliss-reactive ketones (excluding diaryl/α,β-unsaturated/α-hetero) is 1. The van der Waals surface area contributed by atoms with Gasteiger partial charge < -0.3 is 30.2 Å². The van der Waals surface area contributed by atoms with Crippen molar-refractivity contribution in [2.75, 3.05) is 26.9 Å². The molecule has 0 saturated heterocycles. The van der Waals surface area contributed by atoms with Gasteiger partial charge in [-0.2, -0.15) is 0 Å². The Bertz CT molecular complexity index is 1290. The molecule has 9 heteroatoms. The molecular formula is C28H31FN2O6. The maximum absolute atomic E-state index is 13.5. The number of methoxy groups -OCH3 is 1. The van der Waals surface area contributed by atoms with E-state index >= 15 is 0 Å². The van der Waals surface area contributed by atoms with E-state index in [0.717, 1.165) is 0 Å². The summed E-state index contributed by atoms with van der Waals surface area (Å²) in [4.78, 5) is 17.7. The molecular weight excluding hydrogens is 479 g/mol. The quantitative estimate of drug-likeness (QED) is 0.353. The van der Waals surface area contributed by atoms with Crippen molar-refractivity contribution in [2.24, 2.45) is 5.73 Å². The third-order valence-electron chi connectivity index (χ3n) is 6.45. The summed E-state index contributed by atoms with van der Waals surface area (Å²) in [6.07, 6.45) is 0.127. The van der Waals surface area contributed by atoms with Gasteiger partial charge in [-0.05, 0) is 68.8 Å². The molecule has 2 atom stereocenters. The first-order valence-corrected chi connectivity index (χ1v) is 12.0. The number of benzene rings is 2. The SMILES string of the molecule is COc1cc(C(=O)CCC(C)(O)c2cc3c(c(-c4ccc(F)cc4)n2)OCC3(C)N)ccc1OCCO. The van der Waals surface area contributed by atoms with Gasteiger partial charge in [0.05, 0.1) is 24.9 Å². The summed E-state index contributed by atoms with van der Waals surface area (Å²) in [6.45, 7) is 3.62. The lowest BCUT2D eigenvalue weighted by Gasteiger charge is -2.25. The number of ether oxygens (including phenoxy) is 3. The van der Waals surface area contributed by atoms with Crippen molar-refractivity contribution < 1.29 is 33.6 Å². The van der Waals surface area contributed by atoms with Crippen molar-refractivity contribution in [2.45, 2.75) is 37.8 Å². The fraction of sp³-hybridized carbons (Fsp3) is 0.357. The molecule has 0 amide bonds. The summed E-state index contributed by atoms with van der Waals surface area (Å²) >= 11 is 0. The predicted molar refractivity (Wildman–Crippen MR) is 135 cm³/mol. The van der Waals surface area contributed by atoms with Crippen LogP contribution >= 0.6 is 0 Å². The molecule has 1 aromatic heterocycles. The minimum atomic E-state index is -1.47. The number of hydrogen-bond donors (Lipinski definition) is 3. The molecule has 2 aromatic carbocycles. The predicted octanol–water partition coefficient (Wildman–Crippen LogP) is 3.70. The van der Waals surface area contributed by atoms with Crippen LogP contribution in [-0.2, 0) is 11.1 Å². The van der Waals surface area contributed by atoms with Gasteiger partial charge in [-0.25, -0.2) is 9.37 Å². The number of halogens is 1. The van der Waals surface area contributed by atoms with Gasteiger partial charge >= 0.3 is 0 Å². The van der Waals surface area contributed by atoms with Crippen LogP contribution < -0.4 is 19.9 Å². The maximum Gasteiger partial charge on any atom is 0.163 e. The van der Waals surface area contributed by atoms with Crippen molar-refractivity contribution >= 4 is 5.78 Å². The maximum atomic E-state index is 13.5. The van der Waals surface area contributed by atoms with Gasteiger partial charge in [0.25, 0.3) is 0 Å². The van der Waals surface area contributed by atoms with Crippen molar-refractivity contribution in [1.82, 2.24) is 4.98 Å². The van der Waals surface area contributed by atoms with E-state index in [-0.39, 0.29) is 44.3 Å². The van der Waals surface area contributed by atoms with Gasteiger partial charge in [0.1, 0.15) is 30.3 Å². The second kappa shape index (κ2) is 10.5. The Kier molecular flexibility index (Phi) is 7.49. The molecule has 4 rings (SSSR count). The van der Waals surface area contributed by atoms with E-state index < -0.39 is 11.1 Å². The number of aliphatic hydroxyl groups excluding tert-OH is 1. The first-order valence-electron chi connectivity index (χ1n) is 12.0. The number of aromatic nitrogens is 1. The Morgan fingerprint density at radius 1 is 1.22 bits per heavy atom. The first-order chi connectivity index (χ1) is 17.6. The number of nitrogens with two attached hydrogens (primary N) is 1. The number of aliphatic hydroxyl groups is 2. The Balaban J connectivity index is 1.60. The topological polar surface area (TPSA) is 124 Å². The Morgan fingerprint density at radius 2 is 1.95 bits per heavy atom. The first kappa shape index (κ1) is 26.5. The van der Waals surface area contributed by atoms with E-state index in [1.807, 2.05) is 6.92 Å². The highest BCUT2D eigenvalue weighted by molar-refractivity contribution is 5.96. The van der Waals surface area contributed by atoms with E-state index in [1.54, 1.807) is 43.3 Å². The van der Waals surface area contributed by atoms with Crippen molar-refractivity contribution in [1.29, 1.82) is 0 Å². The van der Waals surface area contributed by atoms with Gasteiger partial charge in [0.2, 0.25) is 0 Å². The molecule has 2 heterocycles. The van der Waals surface area contributed by atoms with Crippen LogP contribution in [0.3, 0.4) is 0 Å². The second-order valence-corrected chi connectivity index (χ2v) is 9.58. The smallest absolute Gasteiger partial charge is 0.163 e. The lowest BCUT2D eigenvalue weighted by atomic mass is 9.88. The summed E-state index contributed by atoms with van der Waals surface area (Å²) in [6, 6.07) is 12.4. The third-order valence-corrected chi connectivity index (χ3v) is 6.45. The van der Waals surface area contributed by atoms with Gasteiger partial charge in [-0.15, -0.1) is 0 Å². The highest BCUT2D eigenvalue weighted by Crippen LogP contribution is 2.44. The van der Waals surface area contributed by atoms with Gasteiger partial charge in [0, 0.05) is 23.1 Å². The zero-order valence-corrected chi connectivity index (χ0v) is 21.1. The number of carbonyl (C=O) groups is 1. The summed E-state index contributed by atoms with van der Waals surface area (Å²) in [5.74, 6) is 0.721. The van der Waals surface area contributed by atoms with Crippen molar-refractivity contribution in [3.63, 3.8) is 0 Å². The van der Waals surface area contributed by atoms with E-state index in [1.165, 1.54) is 19.2 Å². The average molecular weight is 511 g/mol. The van der Waals surface area contributed by atoms with Gasteiger partial charge in [0.15, 0.2) is 23.0 Å². The molecule has 3 aromatic rings. The zero-order valence-electron chi connectivity index (χ0n) is 21.1. The highest BCUT2D eigenvalue weighted by atomic mass is 19.1. The van der Waals surface area contributed by atoms with Crippen LogP contribution in [0.1, 0.15) is 48.3 Å². The van der Waals surface area contributed by atoms with Crippen molar-refractivity contribution in [3.05, 3.63) is 71.2 Å². The van der Waals surface area contributed by atoms with Crippen LogP contribution in [0.4, 0.5) is 4.39 Å². The molecule has 2 unspecified atom stereocenters. The fourth-order valence-corrected chi connectivity index (χ4v) is 4.23. The number of carbonyl (C=O) groups excluding carboxylic acids is 1. The number of hydrogen-bond acceptors (Lipinski definition) is 8. The van der Waals surface area contributed by atoms with Crippen LogP contribution in [0.5, 0.6) is 17.2 Å². The van der Waals surface area contributed by atoms with E-state index in [2.05, 4.69) is 4.98 Å². The zero-order chi connectivity index (χ0) is 26.8. The van der Waals surface area contributed by atoms with E-state index in [4.69, 9.17) is 25.1 Å². The molecule has 0 bridgehead atoms. The fourth-order valence-electron chi connectivity index (χ4n) is 4.23. The second-order valence-electron chi connectivity index (χ2n) is 9.58. The molecule has 8 nitrogen and oxygen atoms in total. The average Bonchev–Trinajstić information content (AvgIpc) is 3.20. The van der Waals surface area contributed by atoms with Crippen LogP contribution in [0.2, 0.25) is 0 Å². The van der Waals surface area contributed by atoms with Gasteiger partial charge in [-0.1, -0.05) is 0 Å².